The smallest absolute Gasteiger partial charge is 0.0248 e. The summed E-state index contributed by atoms with van der Waals surface area (Å²) in [4.78, 5) is 0. The maximum Gasteiger partial charge on any atom is 0.0248 e. The predicted molar refractivity (Wildman–Crippen MR) is 66.9 cm³/mol. The van der Waals surface area contributed by atoms with Gasteiger partial charge in [-0.3, -0.25) is 0 Å². The lowest BCUT2D eigenvalue weighted by Crippen LogP contribution is -2.21. The van der Waals surface area contributed by atoms with Gasteiger partial charge in [-0.2, -0.15) is 0 Å². The molecule has 0 saturated heterocycles. The van der Waals surface area contributed by atoms with Crippen LogP contribution in [0.5, 0.6) is 0 Å². The monoisotopic (exact) mass is 206 g/mol. The fourth-order valence-corrected chi connectivity index (χ4v) is 1.56. The molecule has 0 spiro atoms. The highest BCUT2D eigenvalue weighted by atomic mass is 14.9. The van der Waals surface area contributed by atoms with E-state index in [4.69, 9.17) is 0 Å². The van der Waals surface area contributed by atoms with Gasteiger partial charge in [0.25, 0.3) is 0 Å². The summed E-state index contributed by atoms with van der Waals surface area (Å²) in [5, 5.41) is 3.24. The van der Waals surface area contributed by atoms with Gasteiger partial charge in [0.15, 0.2) is 0 Å². The van der Waals surface area contributed by atoms with Gasteiger partial charge in [0.05, 0.1) is 0 Å². The molecule has 0 aliphatic rings. The lowest BCUT2D eigenvalue weighted by Gasteiger charge is -2.09. The average molecular weight is 206 g/mol. The molecular formula is C13H22N2. The first kappa shape index (κ1) is 12.1. The molecule has 0 bridgehead atoms. The van der Waals surface area contributed by atoms with Gasteiger partial charge in [-0.1, -0.05) is 18.6 Å². The Balaban J connectivity index is 2.70. The Morgan fingerprint density at radius 1 is 1.60 bits per heavy atom. The molecule has 1 aromatic heterocycles. The molecule has 1 N–H and O–H groups in total. The Hall–Kier alpha value is -1.02. The maximum atomic E-state index is 3.24. The quantitative estimate of drug-likeness (QED) is 0.784. The molecule has 0 saturated carbocycles. The van der Waals surface area contributed by atoms with Crippen LogP contribution in [0.15, 0.2) is 24.0 Å². The first-order valence-corrected chi connectivity index (χ1v) is 5.68. The lowest BCUT2D eigenvalue weighted by molar-refractivity contribution is 0.682. The van der Waals surface area contributed by atoms with Crippen LogP contribution < -0.4 is 5.32 Å². The third kappa shape index (κ3) is 3.56. The Bertz CT molecular complexity index is 323. The number of rotatable bonds is 5. The summed E-state index contributed by atoms with van der Waals surface area (Å²) in [6.07, 6.45) is 7.78. The van der Waals surface area contributed by atoms with E-state index in [1.807, 2.05) is 7.05 Å². The second-order valence-electron chi connectivity index (χ2n) is 4.08. The van der Waals surface area contributed by atoms with Crippen molar-refractivity contribution in [3.63, 3.8) is 0 Å². The van der Waals surface area contributed by atoms with Crippen LogP contribution in [0.3, 0.4) is 0 Å². The first-order valence-electron chi connectivity index (χ1n) is 5.68. The zero-order valence-electron chi connectivity index (χ0n) is 10.2. The number of nitrogens with one attached hydrogen (secondary N) is 1. The van der Waals surface area contributed by atoms with Crippen LogP contribution in [0, 0.1) is 0 Å². The molecule has 1 atom stereocenters. The van der Waals surface area contributed by atoms with E-state index < -0.39 is 0 Å². The van der Waals surface area contributed by atoms with Crippen molar-refractivity contribution in [3.05, 3.63) is 29.6 Å². The molecule has 1 aromatic rings. The van der Waals surface area contributed by atoms with E-state index >= 15 is 0 Å². The molecule has 0 aromatic carbocycles. The van der Waals surface area contributed by atoms with Gasteiger partial charge in [-0.15, -0.1) is 0 Å². The molecule has 84 valence electrons. The van der Waals surface area contributed by atoms with E-state index in [9.17, 15) is 0 Å². The molecule has 2 nitrogen and oxygen atoms in total. The van der Waals surface area contributed by atoms with Crippen LogP contribution in [0.25, 0.3) is 6.08 Å². The zero-order chi connectivity index (χ0) is 11.3. The van der Waals surface area contributed by atoms with Crippen LogP contribution in [0.4, 0.5) is 0 Å². The van der Waals surface area contributed by atoms with Crippen LogP contribution in [0.2, 0.25) is 0 Å². The fourth-order valence-electron chi connectivity index (χ4n) is 1.56. The Morgan fingerprint density at radius 2 is 2.33 bits per heavy atom. The number of hydrogen-bond acceptors (Lipinski definition) is 1. The number of hydrogen-bond donors (Lipinski definition) is 1. The molecule has 1 rings (SSSR count). The molecule has 0 amide bonds. The average Bonchev–Trinajstić information content (AvgIpc) is 2.65. The van der Waals surface area contributed by atoms with E-state index in [0.29, 0.717) is 6.04 Å². The van der Waals surface area contributed by atoms with Crippen molar-refractivity contribution in [3.8, 4) is 0 Å². The van der Waals surface area contributed by atoms with Gasteiger partial charge >= 0.3 is 0 Å². The summed E-state index contributed by atoms with van der Waals surface area (Å²) in [6, 6.07) is 2.61. The van der Waals surface area contributed by atoms with Gasteiger partial charge in [0.2, 0.25) is 0 Å². The van der Waals surface area contributed by atoms with Gasteiger partial charge in [0, 0.05) is 25.0 Å². The topological polar surface area (TPSA) is 17.0 Å². The van der Waals surface area contributed by atoms with Crippen LogP contribution in [-0.4, -0.2) is 17.7 Å². The highest BCUT2D eigenvalue weighted by Crippen LogP contribution is 2.10. The fraction of sp³-hybridized carbons (Fsp3) is 0.538. The van der Waals surface area contributed by atoms with Crippen molar-refractivity contribution in [2.45, 2.75) is 39.8 Å². The molecule has 0 aliphatic heterocycles. The van der Waals surface area contributed by atoms with Crippen molar-refractivity contribution in [1.82, 2.24) is 9.88 Å². The van der Waals surface area contributed by atoms with Crippen molar-refractivity contribution in [2.75, 3.05) is 7.05 Å². The zero-order valence-corrected chi connectivity index (χ0v) is 10.2. The Kier molecular flexibility index (Phi) is 4.63. The Labute approximate surface area is 93.0 Å². The largest absolute Gasteiger partial charge is 0.354 e. The van der Waals surface area contributed by atoms with Crippen LogP contribution in [0.1, 0.15) is 32.8 Å². The van der Waals surface area contributed by atoms with E-state index in [-0.39, 0.29) is 0 Å². The standard InChI is InChI=1S/C13H22N2/c1-5-7-15-8-6-13(10-15)9-11(2)12(3)14-4/h6,8-10,12,14H,5,7H2,1-4H3/b11-9-. The van der Waals surface area contributed by atoms with Crippen LogP contribution in [-0.2, 0) is 6.54 Å². The lowest BCUT2D eigenvalue weighted by atomic mass is 10.1. The van der Waals surface area contributed by atoms with E-state index in [2.05, 4.69) is 55.2 Å². The first-order chi connectivity index (χ1) is 7.17. The van der Waals surface area contributed by atoms with E-state index in [0.717, 1.165) is 6.54 Å². The van der Waals surface area contributed by atoms with Crippen molar-refractivity contribution >= 4 is 6.08 Å². The minimum absolute atomic E-state index is 0.444. The van der Waals surface area contributed by atoms with Crippen molar-refractivity contribution in [2.24, 2.45) is 0 Å². The van der Waals surface area contributed by atoms with Crippen molar-refractivity contribution in [1.29, 1.82) is 0 Å². The number of aryl methyl sites for hydroxylation is 1. The van der Waals surface area contributed by atoms with E-state index in [1.54, 1.807) is 0 Å². The van der Waals surface area contributed by atoms with Crippen LogP contribution >= 0.6 is 0 Å². The molecule has 1 heterocycles. The summed E-state index contributed by atoms with van der Waals surface area (Å²) in [7, 11) is 1.99. The van der Waals surface area contributed by atoms with Gasteiger partial charge < -0.3 is 9.88 Å². The minimum Gasteiger partial charge on any atom is -0.354 e. The summed E-state index contributed by atoms with van der Waals surface area (Å²) >= 11 is 0. The highest BCUT2D eigenvalue weighted by molar-refractivity contribution is 5.52. The molecule has 1 unspecified atom stereocenters. The third-order valence-corrected chi connectivity index (χ3v) is 2.77. The molecule has 0 fully saturated rings. The second-order valence-corrected chi connectivity index (χ2v) is 4.08. The normalized spacial score (nSPS) is 14.3. The molecule has 0 radical (unpaired) electrons. The van der Waals surface area contributed by atoms with Gasteiger partial charge in [-0.05, 0) is 38.9 Å². The predicted octanol–water partition coefficient (Wildman–Crippen LogP) is 2.91. The summed E-state index contributed by atoms with van der Waals surface area (Å²) < 4.78 is 2.24. The molecule has 0 aliphatic carbocycles. The number of likely N-dealkylation sites (N-methyl/N-ethyl adjacent to an activating group) is 1. The highest BCUT2D eigenvalue weighted by Gasteiger charge is 2.00. The number of aromatic nitrogens is 1. The van der Waals surface area contributed by atoms with Gasteiger partial charge in [0.1, 0.15) is 0 Å². The van der Waals surface area contributed by atoms with E-state index in [1.165, 1.54) is 17.6 Å². The SMILES string of the molecule is CCCn1ccc(/C=C(/C)C(C)NC)c1. The summed E-state index contributed by atoms with van der Waals surface area (Å²) in [5.41, 5.74) is 2.66. The summed E-state index contributed by atoms with van der Waals surface area (Å²) in [6.45, 7) is 7.64. The van der Waals surface area contributed by atoms with Crippen molar-refractivity contribution < 1.29 is 0 Å². The third-order valence-electron chi connectivity index (χ3n) is 2.77. The maximum absolute atomic E-state index is 3.24. The molecule has 2 heteroatoms. The van der Waals surface area contributed by atoms with Gasteiger partial charge in [-0.25, -0.2) is 0 Å². The summed E-state index contributed by atoms with van der Waals surface area (Å²) in [5.74, 6) is 0. The molecular weight excluding hydrogens is 184 g/mol. The molecule has 15 heavy (non-hydrogen) atoms. The second kappa shape index (κ2) is 5.76. The minimum atomic E-state index is 0.444. The Morgan fingerprint density at radius 3 is 2.93 bits per heavy atom. The number of nitrogens with zero attached hydrogens (tertiary/aromatic N) is 1.